The van der Waals surface area contributed by atoms with Crippen molar-refractivity contribution in [3.8, 4) is 11.5 Å². The summed E-state index contributed by atoms with van der Waals surface area (Å²) in [5.41, 5.74) is 4.37. The Morgan fingerprint density at radius 2 is 1.12 bits per heavy atom. The number of ether oxygens (including phenoxy) is 1. The van der Waals surface area contributed by atoms with E-state index < -0.39 is 15.6 Å². The maximum absolute atomic E-state index is 13.9. The second kappa shape index (κ2) is 10.0. The highest BCUT2D eigenvalue weighted by atomic mass is 35.5. The van der Waals surface area contributed by atoms with E-state index in [1.54, 1.807) is 19.2 Å². The van der Waals surface area contributed by atoms with E-state index in [9.17, 15) is 8.42 Å². The zero-order chi connectivity index (χ0) is 30.1. The minimum Gasteiger partial charge on any atom is -0.456 e. The molecule has 0 atom stereocenters. The highest BCUT2D eigenvalue weighted by Crippen LogP contribution is 2.59. The third-order valence-corrected chi connectivity index (χ3v) is 11.1. The summed E-state index contributed by atoms with van der Waals surface area (Å²) in [6.45, 7) is 0. The number of nitrogens with zero attached hydrogens (tertiary/aromatic N) is 3. The fraction of sp³-hybridized carbons (Fsp3) is 0.118. The number of hydrogen-bond acceptors (Lipinski definition) is 5. The van der Waals surface area contributed by atoms with Gasteiger partial charge in [-0.1, -0.05) is 77.8 Å². The Kier molecular flexibility index (Phi) is 6.48. The van der Waals surface area contributed by atoms with Crippen molar-refractivity contribution in [1.82, 2.24) is 4.31 Å². The first-order chi connectivity index (χ1) is 20.7. The van der Waals surface area contributed by atoms with Gasteiger partial charge in [0, 0.05) is 61.3 Å². The van der Waals surface area contributed by atoms with E-state index >= 15 is 0 Å². The average molecular weight is 629 g/mol. The lowest BCUT2D eigenvalue weighted by Crippen LogP contribution is -2.45. The molecule has 0 N–H and O–H groups in total. The zero-order valence-corrected chi connectivity index (χ0v) is 26.0. The summed E-state index contributed by atoms with van der Waals surface area (Å²) in [6.07, 6.45) is 0. The molecular formula is C34H27Cl2N3O3S. The summed E-state index contributed by atoms with van der Waals surface area (Å²) < 4.78 is 36.0. The predicted molar refractivity (Wildman–Crippen MR) is 173 cm³/mol. The Morgan fingerprint density at radius 3 is 1.63 bits per heavy atom. The van der Waals surface area contributed by atoms with Gasteiger partial charge in [-0.3, -0.25) is 0 Å². The number of fused-ring (bicyclic) bond motifs is 6. The Hall–Kier alpha value is -4.01. The number of sulfonamides is 1. The van der Waals surface area contributed by atoms with E-state index in [1.165, 1.54) is 4.31 Å². The smallest absolute Gasteiger partial charge is 0.244 e. The van der Waals surface area contributed by atoms with Crippen LogP contribution in [0.1, 0.15) is 16.7 Å². The molecule has 6 nitrogen and oxygen atoms in total. The molecule has 0 unspecified atom stereocenters. The SMILES string of the molecule is CN(c1ccc2c(c1)Oc1cc(N(C)c3ccccc3Cl)ccc1C21c2ccccc2S(=O)(=O)N1C)c1ccccc1Cl. The van der Waals surface area contributed by atoms with Crippen LogP contribution in [0.5, 0.6) is 11.5 Å². The standard InChI is InChI=1S/C34H27Cl2N3O3S/c1-37(29-13-7-5-11-27(29)35)22-16-18-24-31(20-22)42-32-21-23(38(2)30-14-8-6-12-28(30)36)17-19-25(32)34(24)26-10-4-9-15-33(26)43(40,41)39(34)3/h4-21H,1-3H3. The summed E-state index contributed by atoms with van der Waals surface area (Å²) >= 11 is 13.1. The van der Waals surface area contributed by atoms with Gasteiger partial charge in [0.25, 0.3) is 0 Å². The molecule has 0 fully saturated rings. The maximum atomic E-state index is 13.9. The molecule has 216 valence electrons. The van der Waals surface area contributed by atoms with Crippen LogP contribution in [0.3, 0.4) is 0 Å². The van der Waals surface area contributed by atoms with E-state index in [1.807, 2.05) is 121 Å². The molecule has 0 aromatic heterocycles. The Bertz CT molecular complexity index is 1930. The van der Waals surface area contributed by atoms with Gasteiger partial charge in [-0.15, -0.1) is 0 Å². The summed E-state index contributed by atoms with van der Waals surface area (Å²) in [7, 11) is 1.71. The van der Waals surface area contributed by atoms with Gasteiger partial charge in [-0.05, 0) is 42.5 Å². The van der Waals surface area contributed by atoms with Gasteiger partial charge in [-0.2, -0.15) is 4.31 Å². The molecular weight excluding hydrogens is 601 g/mol. The normalized spacial score (nSPS) is 15.7. The van der Waals surface area contributed by atoms with Crippen molar-refractivity contribution in [2.45, 2.75) is 10.4 Å². The molecule has 5 aromatic carbocycles. The minimum absolute atomic E-state index is 0.283. The Morgan fingerprint density at radius 1 is 0.651 bits per heavy atom. The number of halogens is 2. The number of benzene rings is 5. The highest BCUT2D eigenvalue weighted by Gasteiger charge is 2.58. The zero-order valence-electron chi connectivity index (χ0n) is 23.6. The van der Waals surface area contributed by atoms with Gasteiger partial charge in [-0.25, -0.2) is 8.42 Å². The molecule has 0 amide bonds. The molecule has 5 aromatic rings. The number of para-hydroxylation sites is 2. The van der Waals surface area contributed by atoms with Crippen LogP contribution in [0.15, 0.2) is 114 Å². The topological polar surface area (TPSA) is 53.1 Å². The van der Waals surface area contributed by atoms with E-state index in [-0.39, 0.29) is 4.90 Å². The first-order valence-electron chi connectivity index (χ1n) is 13.7. The van der Waals surface area contributed by atoms with Gasteiger partial charge in [0.1, 0.15) is 17.0 Å². The monoisotopic (exact) mass is 627 g/mol. The molecule has 0 aliphatic carbocycles. The number of hydrogen-bond donors (Lipinski definition) is 0. The third kappa shape index (κ3) is 3.99. The largest absolute Gasteiger partial charge is 0.456 e. The van der Waals surface area contributed by atoms with Crippen LogP contribution >= 0.6 is 23.2 Å². The molecule has 2 heterocycles. The molecule has 9 heteroatoms. The summed E-state index contributed by atoms with van der Waals surface area (Å²) in [5, 5.41) is 1.24. The fourth-order valence-electron chi connectivity index (χ4n) is 6.31. The van der Waals surface area contributed by atoms with Crippen molar-refractivity contribution in [2.75, 3.05) is 30.9 Å². The molecule has 43 heavy (non-hydrogen) atoms. The van der Waals surface area contributed by atoms with Crippen LogP contribution in [0, 0.1) is 0 Å². The van der Waals surface area contributed by atoms with Crippen molar-refractivity contribution in [3.05, 3.63) is 136 Å². The molecule has 0 saturated heterocycles. The molecule has 2 aliphatic heterocycles. The van der Waals surface area contributed by atoms with Crippen molar-refractivity contribution in [1.29, 1.82) is 0 Å². The quantitative estimate of drug-likeness (QED) is 0.200. The highest BCUT2D eigenvalue weighted by molar-refractivity contribution is 7.89. The summed E-state index contributed by atoms with van der Waals surface area (Å²) in [5.74, 6) is 1.11. The second-order valence-electron chi connectivity index (χ2n) is 10.7. The lowest BCUT2D eigenvalue weighted by Gasteiger charge is -2.42. The molecule has 0 radical (unpaired) electrons. The third-order valence-electron chi connectivity index (χ3n) is 8.52. The van der Waals surface area contributed by atoms with Crippen LogP contribution in [-0.2, 0) is 15.6 Å². The summed E-state index contributed by atoms with van der Waals surface area (Å²) in [4.78, 5) is 4.25. The van der Waals surface area contributed by atoms with Crippen LogP contribution in [0.2, 0.25) is 10.0 Å². The minimum atomic E-state index is -3.81. The van der Waals surface area contributed by atoms with E-state index in [0.717, 1.165) is 33.9 Å². The van der Waals surface area contributed by atoms with Crippen molar-refractivity contribution < 1.29 is 13.2 Å². The molecule has 0 saturated carbocycles. The van der Waals surface area contributed by atoms with Gasteiger partial charge in [0.2, 0.25) is 10.0 Å². The second-order valence-corrected chi connectivity index (χ2v) is 13.4. The number of rotatable bonds is 4. The lowest BCUT2D eigenvalue weighted by atomic mass is 9.75. The first-order valence-corrected chi connectivity index (χ1v) is 15.9. The van der Waals surface area contributed by atoms with Crippen LogP contribution in [-0.4, -0.2) is 33.9 Å². The van der Waals surface area contributed by atoms with Gasteiger partial charge >= 0.3 is 0 Å². The number of anilines is 4. The Balaban J connectivity index is 1.46. The lowest BCUT2D eigenvalue weighted by molar-refractivity contribution is 0.302. The average Bonchev–Trinajstić information content (AvgIpc) is 3.19. The molecule has 1 spiro atoms. The van der Waals surface area contributed by atoms with Gasteiger partial charge < -0.3 is 14.5 Å². The first kappa shape index (κ1) is 27.8. The molecule has 2 aliphatic rings. The maximum Gasteiger partial charge on any atom is 0.244 e. The van der Waals surface area contributed by atoms with Crippen molar-refractivity contribution in [3.63, 3.8) is 0 Å². The Labute approximate surface area is 261 Å². The van der Waals surface area contributed by atoms with Crippen molar-refractivity contribution in [2.24, 2.45) is 0 Å². The predicted octanol–water partition coefficient (Wildman–Crippen LogP) is 8.56. The van der Waals surface area contributed by atoms with E-state index in [2.05, 4.69) is 0 Å². The summed E-state index contributed by atoms with van der Waals surface area (Å²) in [6, 6.07) is 34.2. The van der Waals surface area contributed by atoms with Crippen LogP contribution in [0.4, 0.5) is 22.7 Å². The molecule has 0 bridgehead atoms. The molecule has 7 rings (SSSR count). The van der Waals surface area contributed by atoms with Crippen LogP contribution in [0.25, 0.3) is 0 Å². The van der Waals surface area contributed by atoms with Gasteiger partial charge in [0.15, 0.2) is 0 Å². The van der Waals surface area contributed by atoms with E-state index in [4.69, 9.17) is 27.9 Å². The van der Waals surface area contributed by atoms with Crippen LogP contribution < -0.4 is 14.5 Å². The fourth-order valence-corrected chi connectivity index (χ4v) is 8.53. The van der Waals surface area contributed by atoms with E-state index in [0.29, 0.717) is 27.1 Å². The van der Waals surface area contributed by atoms with Crippen molar-refractivity contribution >= 4 is 56.0 Å². The van der Waals surface area contributed by atoms with Gasteiger partial charge in [0.05, 0.1) is 26.3 Å².